The van der Waals surface area contributed by atoms with Gasteiger partial charge < -0.3 is 10.5 Å². The van der Waals surface area contributed by atoms with Gasteiger partial charge in [-0.2, -0.15) is 0 Å². The van der Waals surface area contributed by atoms with Gasteiger partial charge >= 0.3 is 0 Å². The summed E-state index contributed by atoms with van der Waals surface area (Å²) in [4.78, 5) is 4.34. The third-order valence-electron chi connectivity index (χ3n) is 3.45. The fourth-order valence-corrected chi connectivity index (χ4v) is 2.08. The van der Waals surface area contributed by atoms with E-state index < -0.39 is 0 Å². The van der Waals surface area contributed by atoms with Gasteiger partial charge in [0.2, 0.25) is 5.88 Å². The van der Waals surface area contributed by atoms with Crippen LogP contribution < -0.4 is 10.5 Å². The molecule has 0 aliphatic carbocycles. The van der Waals surface area contributed by atoms with Crippen molar-refractivity contribution in [1.29, 1.82) is 0 Å². The summed E-state index contributed by atoms with van der Waals surface area (Å²) in [5.41, 5.74) is 8.55. The van der Waals surface area contributed by atoms with Crippen molar-refractivity contribution in [2.45, 2.75) is 39.7 Å². The van der Waals surface area contributed by atoms with E-state index in [9.17, 15) is 4.39 Å². The molecule has 0 saturated heterocycles. The van der Waals surface area contributed by atoms with Gasteiger partial charge in [0.1, 0.15) is 11.6 Å². The molecule has 2 N–H and O–H groups in total. The Bertz CT molecular complexity index is 628. The zero-order valence-corrected chi connectivity index (χ0v) is 12.7. The maximum Gasteiger partial charge on any atom is 0.222 e. The number of aromatic nitrogens is 1. The van der Waals surface area contributed by atoms with Crippen LogP contribution in [0.5, 0.6) is 11.6 Å². The van der Waals surface area contributed by atoms with E-state index in [2.05, 4.69) is 11.9 Å². The molecule has 112 valence electrons. The van der Waals surface area contributed by atoms with Gasteiger partial charge in [-0.25, -0.2) is 9.37 Å². The van der Waals surface area contributed by atoms with Gasteiger partial charge in [-0.3, -0.25) is 0 Å². The largest absolute Gasteiger partial charge is 0.439 e. The lowest BCUT2D eigenvalue weighted by Crippen LogP contribution is -2.21. The van der Waals surface area contributed by atoms with Crippen LogP contribution in [0.2, 0.25) is 0 Å². The van der Waals surface area contributed by atoms with Crippen molar-refractivity contribution >= 4 is 0 Å². The van der Waals surface area contributed by atoms with Crippen molar-refractivity contribution < 1.29 is 9.13 Å². The minimum absolute atomic E-state index is 0.151. The van der Waals surface area contributed by atoms with Crippen molar-refractivity contribution in [1.82, 2.24) is 4.98 Å². The lowest BCUT2D eigenvalue weighted by molar-refractivity contribution is 0.456. The van der Waals surface area contributed by atoms with E-state index in [1.165, 1.54) is 6.07 Å². The molecule has 0 spiro atoms. The van der Waals surface area contributed by atoms with Crippen LogP contribution >= 0.6 is 0 Å². The lowest BCUT2D eigenvalue weighted by Gasteiger charge is -2.12. The number of aryl methyl sites for hydroxylation is 2. The SMILES string of the molecule is CCC(N)Cc1cnc(Oc2ccc(F)c(C)c2)c(C)c1. The fourth-order valence-electron chi connectivity index (χ4n) is 2.08. The molecule has 2 aromatic rings. The van der Waals surface area contributed by atoms with Crippen LogP contribution in [0.25, 0.3) is 0 Å². The van der Waals surface area contributed by atoms with Gasteiger partial charge in [0.25, 0.3) is 0 Å². The second kappa shape index (κ2) is 6.68. The molecular weight excluding hydrogens is 267 g/mol. The van der Waals surface area contributed by atoms with Gasteiger partial charge in [-0.15, -0.1) is 0 Å². The average Bonchev–Trinajstić information content (AvgIpc) is 2.45. The van der Waals surface area contributed by atoms with E-state index in [1.54, 1.807) is 25.3 Å². The van der Waals surface area contributed by atoms with Crippen molar-refractivity contribution in [2.75, 3.05) is 0 Å². The highest BCUT2D eigenvalue weighted by molar-refractivity contribution is 5.36. The van der Waals surface area contributed by atoms with Gasteiger partial charge in [0, 0.05) is 17.8 Å². The van der Waals surface area contributed by atoms with Gasteiger partial charge in [0.05, 0.1) is 0 Å². The highest BCUT2D eigenvalue weighted by Crippen LogP contribution is 2.25. The average molecular weight is 288 g/mol. The number of hydrogen-bond donors (Lipinski definition) is 1. The summed E-state index contributed by atoms with van der Waals surface area (Å²) >= 11 is 0. The van der Waals surface area contributed by atoms with Crippen molar-refractivity contribution in [3.05, 3.63) is 53.0 Å². The first-order valence-corrected chi connectivity index (χ1v) is 7.14. The number of ether oxygens (including phenoxy) is 1. The second-order valence-electron chi connectivity index (χ2n) is 5.35. The first-order chi connectivity index (χ1) is 9.99. The van der Waals surface area contributed by atoms with Crippen molar-refractivity contribution in [3.8, 4) is 11.6 Å². The van der Waals surface area contributed by atoms with Crippen LogP contribution in [0, 0.1) is 19.7 Å². The molecule has 0 radical (unpaired) electrons. The number of nitrogens with two attached hydrogens (primary N) is 1. The molecule has 1 aromatic carbocycles. The second-order valence-corrected chi connectivity index (χ2v) is 5.35. The van der Waals surface area contributed by atoms with E-state index >= 15 is 0 Å². The molecule has 1 unspecified atom stereocenters. The quantitative estimate of drug-likeness (QED) is 0.907. The predicted molar refractivity (Wildman–Crippen MR) is 82.2 cm³/mol. The van der Waals surface area contributed by atoms with Crippen LogP contribution in [-0.2, 0) is 6.42 Å². The number of nitrogens with zero attached hydrogens (tertiary/aromatic N) is 1. The molecule has 21 heavy (non-hydrogen) atoms. The Hall–Kier alpha value is -1.94. The number of rotatable bonds is 5. The molecule has 0 amide bonds. The fraction of sp³-hybridized carbons (Fsp3) is 0.353. The van der Waals surface area contributed by atoms with E-state index in [0.717, 1.165) is 24.0 Å². The maximum absolute atomic E-state index is 13.2. The molecule has 2 rings (SSSR count). The first-order valence-electron chi connectivity index (χ1n) is 7.14. The van der Waals surface area contributed by atoms with Crippen LogP contribution in [0.3, 0.4) is 0 Å². The van der Waals surface area contributed by atoms with Crippen molar-refractivity contribution in [2.24, 2.45) is 5.73 Å². The van der Waals surface area contributed by atoms with E-state index in [1.807, 2.05) is 13.0 Å². The zero-order valence-electron chi connectivity index (χ0n) is 12.7. The smallest absolute Gasteiger partial charge is 0.222 e. The van der Waals surface area contributed by atoms with E-state index in [4.69, 9.17) is 10.5 Å². The lowest BCUT2D eigenvalue weighted by atomic mass is 10.1. The van der Waals surface area contributed by atoms with Crippen LogP contribution in [0.15, 0.2) is 30.5 Å². The van der Waals surface area contributed by atoms with E-state index in [-0.39, 0.29) is 11.9 Å². The van der Waals surface area contributed by atoms with E-state index in [0.29, 0.717) is 17.2 Å². The van der Waals surface area contributed by atoms with Crippen LogP contribution in [0.1, 0.15) is 30.0 Å². The standard InChI is InChI=1S/C17H21FN2O/c1-4-14(19)9-13-7-12(3)17(20-10-13)21-15-5-6-16(18)11(2)8-15/h5-8,10,14H,4,9,19H2,1-3H3. The number of halogens is 1. The summed E-state index contributed by atoms with van der Waals surface area (Å²) in [5.74, 6) is 0.883. The molecule has 3 nitrogen and oxygen atoms in total. The Balaban J connectivity index is 2.15. The number of hydrogen-bond acceptors (Lipinski definition) is 3. The summed E-state index contributed by atoms with van der Waals surface area (Å²) < 4.78 is 19.0. The maximum atomic E-state index is 13.2. The van der Waals surface area contributed by atoms with Gasteiger partial charge in [0.15, 0.2) is 0 Å². The predicted octanol–water partition coefficient (Wildman–Crippen LogP) is 3.91. The Morgan fingerprint density at radius 1 is 1.24 bits per heavy atom. The van der Waals surface area contributed by atoms with Crippen LogP contribution in [0.4, 0.5) is 4.39 Å². The summed E-state index contributed by atoms with van der Waals surface area (Å²) in [6.45, 7) is 5.72. The summed E-state index contributed by atoms with van der Waals surface area (Å²) in [5, 5.41) is 0. The summed E-state index contributed by atoms with van der Waals surface area (Å²) in [7, 11) is 0. The highest BCUT2D eigenvalue weighted by Gasteiger charge is 2.08. The van der Waals surface area contributed by atoms with Crippen LogP contribution in [-0.4, -0.2) is 11.0 Å². The zero-order chi connectivity index (χ0) is 15.4. The molecule has 0 aliphatic rings. The normalized spacial score (nSPS) is 12.2. The Labute approximate surface area is 125 Å². The first kappa shape index (κ1) is 15.4. The third-order valence-corrected chi connectivity index (χ3v) is 3.45. The summed E-state index contributed by atoms with van der Waals surface area (Å²) in [6, 6.07) is 6.85. The molecule has 0 bridgehead atoms. The highest BCUT2D eigenvalue weighted by atomic mass is 19.1. The minimum Gasteiger partial charge on any atom is -0.439 e. The molecular formula is C17H21FN2O. The van der Waals surface area contributed by atoms with Gasteiger partial charge in [-0.1, -0.05) is 6.92 Å². The molecule has 1 atom stereocenters. The monoisotopic (exact) mass is 288 g/mol. The number of benzene rings is 1. The molecule has 0 saturated carbocycles. The third kappa shape index (κ3) is 4.02. The topological polar surface area (TPSA) is 48.1 Å². The Kier molecular flexibility index (Phi) is 4.91. The Morgan fingerprint density at radius 3 is 2.62 bits per heavy atom. The summed E-state index contributed by atoms with van der Waals surface area (Å²) in [6.07, 6.45) is 3.53. The molecule has 0 fully saturated rings. The van der Waals surface area contributed by atoms with Gasteiger partial charge in [-0.05, 0) is 62.1 Å². The minimum atomic E-state index is -0.240. The molecule has 1 aromatic heterocycles. The number of pyridine rings is 1. The molecule has 0 aliphatic heterocycles. The molecule has 1 heterocycles. The molecule has 4 heteroatoms. The van der Waals surface area contributed by atoms with Crippen molar-refractivity contribution in [3.63, 3.8) is 0 Å². The Morgan fingerprint density at radius 2 is 2.00 bits per heavy atom.